The van der Waals surface area contributed by atoms with Gasteiger partial charge in [-0.05, 0) is 36.6 Å². The Bertz CT molecular complexity index is 1210. The summed E-state index contributed by atoms with van der Waals surface area (Å²) < 4.78 is 3.37. The Morgan fingerprint density at radius 3 is 2.66 bits per heavy atom. The standard InChI is InChI=1S/C21H20ClN3O4/c22-15-5-3-13(4-6-15)11-23-19(28)17-12-24-7-8-25-20(24)16(18(17)27)10-14(21(25)29)2-1-9-26/h3-6,10,12,26H,1-2,7-9,11H2,(H,23,28). The van der Waals surface area contributed by atoms with E-state index in [0.717, 1.165) is 5.56 Å². The number of amides is 1. The van der Waals surface area contributed by atoms with E-state index in [4.69, 9.17) is 16.7 Å². The summed E-state index contributed by atoms with van der Waals surface area (Å²) in [5.41, 5.74) is 1.40. The van der Waals surface area contributed by atoms with Gasteiger partial charge in [0.15, 0.2) is 0 Å². The molecule has 3 heterocycles. The van der Waals surface area contributed by atoms with Gasteiger partial charge in [-0.1, -0.05) is 23.7 Å². The molecular weight excluding hydrogens is 394 g/mol. The number of carbonyl (C=O) groups excluding carboxylic acids is 1. The molecule has 3 aromatic rings. The highest BCUT2D eigenvalue weighted by atomic mass is 35.5. The lowest BCUT2D eigenvalue weighted by Crippen LogP contribution is -2.30. The fourth-order valence-corrected chi connectivity index (χ4v) is 3.81. The lowest BCUT2D eigenvalue weighted by atomic mass is 10.1. The van der Waals surface area contributed by atoms with Crippen LogP contribution in [0.3, 0.4) is 0 Å². The quantitative estimate of drug-likeness (QED) is 0.643. The van der Waals surface area contributed by atoms with Crippen LogP contribution in [0.1, 0.15) is 27.9 Å². The molecule has 1 aliphatic heterocycles. The Hall–Kier alpha value is -2.90. The normalized spacial score (nSPS) is 12.5. The van der Waals surface area contributed by atoms with Crippen molar-refractivity contribution >= 4 is 28.5 Å². The minimum Gasteiger partial charge on any atom is -0.396 e. The number of aromatic nitrogens is 2. The van der Waals surface area contributed by atoms with Crippen molar-refractivity contribution in [1.29, 1.82) is 0 Å². The minimum atomic E-state index is -0.461. The van der Waals surface area contributed by atoms with Crippen molar-refractivity contribution in [3.8, 4) is 0 Å². The van der Waals surface area contributed by atoms with Crippen LogP contribution in [0.2, 0.25) is 5.02 Å². The third kappa shape index (κ3) is 3.59. The van der Waals surface area contributed by atoms with Gasteiger partial charge in [0.1, 0.15) is 11.2 Å². The summed E-state index contributed by atoms with van der Waals surface area (Å²) in [6, 6.07) is 8.66. The topological polar surface area (TPSA) is 93.3 Å². The monoisotopic (exact) mass is 413 g/mol. The zero-order valence-corrected chi connectivity index (χ0v) is 16.4. The average molecular weight is 414 g/mol. The fourth-order valence-electron chi connectivity index (χ4n) is 3.69. The maximum absolute atomic E-state index is 13.0. The van der Waals surface area contributed by atoms with E-state index in [2.05, 4.69) is 5.32 Å². The smallest absolute Gasteiger partial charge is 0.257 e. The molecule has 150 valence electrons. The van der Waals surface area contributed by atoms with Crippen LogP contribution in [0.5, 0.6) is 0 Å². The molecule has 0 fully saturated rings. The number of pyridine rings is 2. The molecular formula is C21H20ClN3O4. The number of aryl methyl sites for hydroxylation is 3. The van der Waals surface area contributed by atoms with Crippen LogP contribution < -0.4 is 16.3 Å². The van der Waals surface area contributed by atoms with Crippen molar-refractivity contribution < 1.29 is 9.90 Å². The van der Waals surface area contributed by atoms with Gasteiger partial charge in [-0.15, -0.1) is 0 Å². The summed E-state index contributed by atoms with van der Waals surface area (Å²) in [5.74, 6) is -0.461. The molecule has 2 aromatic heterocycles. The van der Waals surface area contributed by atoms with Crippen molar-refractivity contribution in [2.75, 3.05) is 6.61 Å². The number of nitrogens with zero attached hydrogens (tertiary/aromatic N) is 2. The third-order valence-corrected chi connectivity index (χ3v) is 5.41. The van der Waals surface area contributed by atoms with Crippen molar-refractivity contribution in [3.63, 3.8) is 0 Å². The van der Waals surface area contributed by atoms with Gasteiger partial charge in [0.05, 0.1) is 5.39 Å². The van der Waals surface area contributed by atoms with Crippen LogP contribution in [-0.2, 0) is 26.1 Å². The molecule has 0 bridgehead atoms. The van der Waals surface area contributed by atoms with Crippen LogP contribution in [0.4, 0.5) is 0 Å². The summed E-state index contributed by atoms with van der Waals surface area (Å²) in [5, 5.41) is 12.8. The molecule has 2 N–H and O–H groups in total. The molecule has 0 atom stereocenters. The number of carbonyl (C=O) groups is 1. The molecule has 1 aromatic carbocycles. The molecule has 0 saturated carbocycles. The van der Waals surface area contributed by atoms with Crippen LogP contribution in [0, 0.1) is 0 Å². The maximum Gasteiger partial charge on any atom is 0.257 e. The van der Waals surface area contributed by atoms with E-state index >= 15 is 0 Å². The van der Waals surface area contributed by atoms with Crippen molar-refractivity contribution in [3.05, 3.63) is 78.8 Å². The summed E-state index contributed by atoms with van der Waals surface area (Å²) >= 11 is 5.87. The molecule has 0 unspecified atom stereocenters. The summed E-state index contributed by atoms with van der Waals surface area (Å²) in [6.07, 6.45) is 2.35. The second-order valence-corrected chi connectivity index (χ2v) is 7.50. The van der Waals surface area contributed by atoms with Gasteiger partial charge >= 0.3 is 0 Å². The van der Waals surface area contributed by atoms with Crippen LogP contribution in [0.15, 0.2) is 46.1 Å². The molecule has 0 radical (unpaired) electrons. The van der Waals surface area contributed by atoms with E-state index in [1.54, 1.807) is 27.3 Å². The van der Waals surface area contributed by atoms with Crippen LogP contribution in [-0.4, -0.2) is 26.8 Å². The zero-order valence-electron chi connectivity index (χ0n) is 15.7. The number of aliphatic hydroxyl groups is 1. The molecule has 0 aliphatic carbocycles. The van der Waals surface area contributed by atoms with E-state index < -0.39 is 11.3 Å². The molecule has 0 saturated heterocycles. The molecule has 0 spiro atoms. The highest BCUT2D eigenvalue weighted by molar-refractivity contribution is 6.30. The van der Waals surface area contributed by atoms with Crippen LogP contribution in [0.25, 0.3) is 11.0 Å². The number of halogens is 1. The number of aliphatic hydroxyl groups excluding tert-OH is 1. The van der Waals surface area contributed by atoms with Crippen molar-refractivity contribution in [1.82, 2.24) is 14.5 Å². The average Bonchev–Trinajstić information content (AvgIpc) is 3.15. The third-order valence-electron chi connectivity index (χ3n) is 5.16. The summed E-state index contributed by atoms with van der Waals surface area (Å²) in [6.45, 7) is 1.22. The Balaban J connectivity index is 1.71. The lowest BCUT2D eigenvalue weighted by Gasteiger charge is -2.11. The van der Waals surface area contributed by atoms with E-state index in [0.29, 0.717) is 47.6 Å². The Kier molecular flexibility index (Phi) is 5.25. The second-order valence-electron chi connectivity index (χ2n) is 7.07. The minimum absolute atomic E-state index is 0.0329. The highest BCUT2D eigenvalue weighted by Crippen LogP contribution is 2.18. The van der Waals surface area contributed by atoms with Crippen LogP contribution >= 0.6 is 11.6 Å². The molecule has 1 amide bonds. The number of hydrogen-bond donors (Lipinski definition) is 2. The molecule has 7 nitrogen and oxygen atoms in total. The predicted molar refractivity (Wildman–Crippen MR) is 110 cm³/mol. The molecule has 1 aliphatic rings. The van der Waals surface area contributed by atoms with E-state index in [1.807, 2.05) is 12.1 Å². The van der Waals surface area contributed by atoms with Gasteiger partial charge in [0.25, 0.3) is 11.5 Å². The first-order chi connectivity index (χ1) is 14.0. The van der Waals surface area contributed by atoms with Gasteiger partial charge < -0.3 is 15.0 Å². The van der Waals surface area contributed by atoms with Gasteiger partial charge in [-0.2, -0.15) is 0 Å². The summed E-state index contributed by atoms with van der Waals surface area (Å²) in [4.78, 5) is 38.4. The molecule has 4 rings (SSSR count). The number of hydrogen-bond acceptors (Lipinski definition) is 4. The largest absolute Gasteiger partial charge is 0.396 e. The predicted octanol–water partition coefficient (Wildman–Crippen LogP) is 1.69. The first-order valence-corrected chi connectivity index (χ1v) is 9.81. The first-order valence-electron chi connectivity index (χ1n) is 9.43. The Labute approximate surface area is 171 Å². The number of rotatable bonds is 6. The van der Waals surface area contributed by atoms with E-state index in [-0.39, 0.29) is 24.3 Å². The van der Waals surface area contributed by atoms with E-state index in [9.17, 15) is 14.4 Å². The molecule has 29 heavy (non-hydrogen) atoms. The van der Waals surface area contributed by atoms with E-state index in [1.165, 1.54) is 6.20 Å². The van der Waals surface area contributed by atoms with Gasteiger partial charge in [-0.25, -0.2) is 0 Å². The number of benzene rings is 1. The highest BCUT2D eigenvalue weighted by Gasteiger charge is 2.23. The first kappa shape index (κ1) is 19.4. The Morgan fingerprint density at radius 1 is 1.17 bits per heavy atom. The second kappa shape index (κ2) is 7.85. The van der Waals surface area contributed by atoms with Gasteiger partial charge in [-0.3, -0.25) is 19.0 Å². The molecule has 8 heteroatoms. The maximum atomic E-state index is 13.0. The summed E-state index contributed by atoms with van der Waals surface area (Å²) in [7, 11) is 0. The van der Waals surface area contributed by atoms with Crippen molar-refractivity contribution in [2.24, 2.45) is 0 Å². The van der Waals surface area contributed by atoms with Crippen molar-refractivity contribution in [2.45, 2.75) is 32.5 Å². The SMILES string of the molecule is O=C(NCc1ccc(Cl)cc1)c1cn2c3c(cc(CCCO)c(=O)n3CC2)c1=O. The Morgan fingerprint density at radius 2 is 1.93 bits per heavy atom. The lowest BCUT2D eigenvalue weighted by molar-refractivity contribution is 0.0949. The van der Waals surface area contributed by atoms with Gasteiger partial charge in [0, 0.05) is 43.0 Å². The fraction of sp³-hybridized carbons (Fsp3) is 0.286. The van der Waals surface area contributed by atoms with Gasteiger partial charge in [0.2, 0.25) is 5.43 Å². The number of nitrogens with one attached hydrogen (secondary N) is 1. The zero-order chi connectivity index (χ0) is 20.5.